The number of carbonyl (C=O) groups excluding carboxylic acids is 1. The molecule has 1 heterocycles. The van der Waals surface area contributed by atoms with Gasteiger partial charge in [0.25, 0.3) is 0 Å². The first-order chi connectivity index (χ1) is 18.8. The molecule has 9 heteroatoms. The second-order valence-electron chi connectivity index (χ2n) is 10.3. The van der Waals surface area contributed by atoms with Crippen molar-refractivity contribution in [1.29, 1.82) is 0 Å². The zero-order valence-electron chi connectivity index (χ0n) is 21.5. The lowest BCUT2D eigenvalue weighted by atomic mass is 10.1. The van der Waals surface area contributed by atoms with Crippen molar-refractivity contribution < 1.29 is 17.6 Å². The van der Waals surface area contributed by atoms with Crippen LogP contribution < -0.4 is 9.62 Å². The number of amides is 1. The molecule has 1 saturated carbocycles. The van der Waals surface area contributed by atoms with E-state index in [4.69, 9.17) is 0 Å². The predicted molar refractivity (Wildman–Crippen MR) is 146 cm³/mol. The van der Waals surface area contributed by atoms with Gasteiger partial charge in [-0.15, -0.1) is 0 Å². The molecule has 1 N–H and O–H groups in total. The summed E-state index contributed by atoms with van der Waals surface area (Å²) in [7, 11) is -1.95. The standard InChI is InChI=1S/C30H29FN4O3S/c1-34-16-15-32-29(34)19-35(30(36)27-18-25(27)20-5-3-2-4-6-20)23-11-7-21-8-14-28(26(21)17-23)33-39(37,38)24-12-9-22(31)10-13-24/h2-7,9-13,15-17,25,27-28,33H,8,14,18-19H2,1H3/t25-,27+,28+/m0/s1. The average molecular weight is 545 g/mol. The molecule has 1 fully saturated rings. The maximum atomic E-state index is 13.9. The lowest BCUT2D eigenvalue weighted by molar-refractivity contribution is -0.120. The number of anilines is 1. The molecule has 39 heavy (non-hydrogen) atoms. The van der Waals surface area contributed by atoms with Gasteiger partial charge in [0.1, 0.15) is 11.6 Å². The number of aromatic nitrogens is 2. The summed E-state index contributed by atoms with van der Waals surface area (Å²) in [5.41, 5.74) is 3.78. The summed E-state index contributed by atoms with van der Waals surface area (Å²) in [5, 5.41) is 0. The van der Waals surface area contributed by atoms with Gasteiger partial charge in [-0.05, 0) is 78.3 Å². The topological polar surface area (TPSA) is 84.3 Å². The van der Waals surface area contributed by atoms with Gasteiger partial charge in [-0.2, -0.15) is 0 Å². The minimum absolute atomic E-state index is 0.0146. The Bertz CT molecular complexity index is 1620. The Morgan fingerprint density at radius 2 is 1.87 bits per heavy atom. The monoisotopic (exact) mass is 544 g/mol. The molecule has 0 radical (unpaired) electrons. The Morgan fingerprint density at radius 3 is 2.59 bits per heavy atom. The van der Waals surface area contributed by atoms with Gasteiger partial charge in [0, 0.05) is 37.1 Å². The van der Waals surface area contributed by atoms with E-state index in [0.717, 1.165) is 47.5 Å². The summed E-state index contributed by atoms with van der Waals surface area (Å²) in [4.78, 5) is 20.1. The Labute approximate surface area is 227 Å². The van der Waals surface area contributed by atoms with Gasteiger partial charge >= 0.3 is 0 Å². The first-order valence-electron chi connectivity index (χ1n) is 13.0. The SMILES string of the molecule is Cn1ccnc1CN(C(=O)[C@@H]1C[C@H]1c1ccccc1)c1ccc2c(c1)[C@H](NS(=O)(=O)c1ccc(F)cc1)CC2. The summed E-state index contributed by atoms with van der Waals surface area (Å²) in [6, 6.07) is 20.3. The lowest BCUT2D eigenvalue weighted by Gasteiger charge is -2.25. The van der Waals surface area contributed by atoms with Crippen molar-refractivity contribution >= 4 is 21.6 Å². The van der Waals surface area contributed by atoms with Crippen molar-refractivity contribution in [2.24, 2.45) is 13.0 Å². The maximum Gasteiger partial charge on any atom is 0.241 e. The first kappa shape index (κ1) is 25.5. The number of halogens is 1. The van der Waals surface area contributed by atoms with Crippen LogP contribution in [0.25, 0.3) is 0 Å². The Hall–Kier alpha value is -3.82. The summed E-state index contributed by atoms with van der Waals surface area (Å²) >= 11 is 0. The summed E-state index contributed by atoms with van der Waals surface area (Å²) in [5.74, 6) is 0.371. The fourth-order valence-electron chi connectivity index (χ4n) is 5.47. The van der Waals surface area contributed by atoms with Gasteiger partial charge in [0.05, 0.1) is 11.4 Å². The highest BCUT2D eigenvalue weighted by Crippen LogP contribution is 2.49. The van der Waals surface area contributed by atoms with Crippen molar-refractivity contribution in [1.82, 2.24) is 14.3 Å². The average Bonchev–Trinajstić information content (AvgIpc) is 3.50. The number of rotatable bonds is 8. The third kappa shape index (κ3) is 5.12. The molecule has 4 aromatic rings. The van der Waals surface area contributed by atoms with Gasteiger partial charge in [-0.3, -0.25) is 4.79 Å². The molecule has 2 aliphatic rings. The van der Waals surface area contributed by atoms with Crippen LogP contribution in [0.2, 0.25) is 0 Å². The fraction of sp³-hybridized carbons (Fsp3) is 0.267. The summed E-state index contributed by atoms with van der Waals surface area (Å²) in [6.07, 6.45) is 5.68. The fourth-order valence-corrected chi connectivity index (χ4v) is 6.72. The van der Waals surface area contributed by atoms with Crippen molar-refractivity contribution in [3.63, 3.8) is 0 Å². The molecule has 7 nitrogen and oxygen atoms in total. The molecule has 3 aromatic carbocycles. The molecule has 0 aliphatic heterocycles. The number of fused-ring (bicyclic) bond motifs is 1. The van der Waals surface area contributed by atoms with E-state index in [1.54, 1.807) is 11.1 Å². The highest BCUT2D eigenvalue weighted by molar-refractivity contribution is 7.89. The molecule has 0 saturated heterocycles. The highest BCUT2D eigenvalue weighted by Gasteiger charge is 2.46. The third-order valence-electron chi connectivity index (χ3n) is 7.76. The third-order valence-corrected chi connectivity index (χ3v) is 9.25. The molecule has 6 rings (SSSR count). The van der Waals surface area contributed by atoms with Gasteiger partial charge < -0.3 is 9.47 Å². The van der Waals surface area contributed by atoms with Gasteiger partial charge in [-0.1, -0.05) is 36.4 Å². The Morgan fingerprint density at radius 1 is 1.10 bits per heavy atom. The molecule has 0 spiro atoms. The van der Waals surface area contributed by atoms with E-state index in [1.165, 1.54) is 12.1 Å². The van der Waals surface area contributed by atoms with E-state index in [9.17, 15) is 17.6 Å². The van der Waals surface area contributed by atoms with Crippen LogP contribution in [0.15, 0.2) is 90.1 Å². The van der Waals surface area contributed by atoms with E-state index in [-0.39, 0.29) is 22.6 Å². The molecule has 1 aromatic heterocycles. The molecule has 200 valence electrons. The lowest BCUT2D eigenvalue weighted by Crippen LogP contribution is -2.33. The number of sulfonamides is 1. The quantitative estimate of drug-likeness (QED) is 0.343. The van der Waals surface area contributed by atoms with Crippen molar-refractivity contribution in [2.75, 3.05) is 4.90 Å². The number of nitrogens with one attached hydrogen (secondary N) is 1. The maximum absolute atomic E-state index is 13.9. The number of carbonyl (C=O) groups is 1. The van der Waals surface area contributed by atoms with Crippen LogP contribution in [0.1, 0.15) is 47.3 Å². The van der Waals surface area contributed by atoms with Crippen LogP contribution >= 0.6 is 0 Å². The number of hydrogen-bond donors (Lipinski definition) is 1. The number of imidazole rings is 1. The van der Waals surface area contributed by atoms with Crippen molar-refractivity contribution in [3.8, 4) is 0 Å². The Kier molecular flexibility index (Phi) is 6.56. The predicted octanol–water partition coefficient (Wildman–Crippen LogP) is 4.86. The van der Waals surface area contributed by atoms with E-state index < -0.39 is 21.9 Å². The van der Waals surface area contributed by atoms with Crippen LogP contribution in [-0.4, -0.2) is 23.9 Å². The van der Waals surface area contributed by atoms with E-state index in [1.807, 2.05) is 54.2 Å². The molecule has 1 amide bonds. The largest absolute Gasteiger partial charge is 0.337 e. The number of hydrogen-bond acceptors (Lipinski definition) is 4. The number of benzene rings is 3. The summed E-state index contributed by atoms with van der Waals surface area (Å²) in [6.45, 7) is 0.311. The molecule has 0 bridgehead atoms. The smallest absolute Gasteiger partial charge is 0.241 e. The second-order valence-corrected chi connectivity index (χ2v) is 12.0. The van der Waals surface area contributed by atoms with E-state index in [2.05, 4.69) is 21.8 Å². The van der Waals surface area contributed by atoms with Gasteiger partial charge in [0.15, 0.2) is 0 Å². The highest BCUT2D eigenvalue weighted by atomic mass is 32.2. The van der Waals surface area contributed by atoms with Gasteiger partial charge in [-0.25, -0.2) is 22.5 Å². The number of nitrogens with zero attached hydrogens (tertiary/aromatic N) is 3. The molecule has 2 aliphatic carbocycles. The first-order valence-corrected chi connectivity index (χ1v) is 14.5. The second kappa shape index (κ2) is 10.1. The van der Waals surface area contributed by atoms with Crippen molar-refractivity contribution in [2.45, 2.75) is 42.7 Å². The van der Waals surface area contributed by atoms with Crippen LogP contribution in [0.5, 0.6) is 0 Å². The molecule has 0 unspecified atom stereocenters. The zero-order chi connectivity index (χ0) is 27.1. The normalized spacial score (nSPS) is 20.0. The van der Waals surface area contributed by atoms with Gasteiger partial charge in [0.2, 0.25) is 15.9 Å². The van der Waals surface area contributed by atoms with Crippen LogP contribution in [0.3, 0.4) is 0 Å². The minimum Gasteiger partial charge on any atom is -0.337 e. The van der Waals surface area contributed by atoms with E-state index >= 15 is 0 Å². The molecular formula is C30H29FN4O3S. The van der Waals surface area contributed by atoms with Crippen LogP contribution in [0.4, 0.5) is 10.1 Å². The summed E-state index contributed by atoms with van der Waals surface area (Å²) < 4.78 is 44.1. The molecule has 3 atom stereocenters. The molecular weight excluding hydrogens is 515 g/mol. The van der Waals surface area contributed by atoms with Crippen LogP contribution in [-0.2, 0) is 34.8 Å². The van der Waals surface area contributed by atoms with Crippen LogP contribution in [0, 0.1) is 11.7 Å². The number of aryl methyl sites for hydroxylation is 2. The van der Waals surface area contributed by atoms with E-state index in [0.29, 0.717) is 18.7 Å². The Balaban J connectivity index is 1.29. The van der Waals surface area contributed by atoms with Crippen molar-refractivity contribution in [3.05, 3.63) is 114 Å². The zero-order valence-corrected chi connectivity index (χ0v) is 22.3. The minimum atomic E-state index is -3.85.